The summed E-state index contributed by atoms with van der Waals surface area (Å²) in [6.07, 6.45) is 2.46. The fourth-order valence-corrected chi connectivity index (χ4v) is 4.33. The molecule has 7 nitrogen and oxygen atoms in total. The zero-order chi connectivity index (χ0) is 20.8. The van der Waals surface area contributed by atoms with Crippen LogP contribution in [0.15, 0.2) is 24.3 Å². The summed E-state index contributed by atoms with van der Waals surface area (Å²) in [6.45, 7) is 4.92. The van der Waals surface area contributed by atoms with Gasteiger partial charge in [0.2, 0.25) is 5.91 Å². The Kier molecular flexibility index (Phi) is 5.19. The number of piperazine rings is 1. The van der Waals surface area contributed by atoms with Gasteiger partial charge in [0.1, 0.15) is 12.1 Å². The number of benzene rings is 1. The van der Waals surface area contributed by atoms with Gasteiger partial charge >= 0.3 is 6.03 Å². The van der Waals surface area contributed by atoms with Crippen LogP contribution in [0.5, 0.6) is 0 Å². The first-order valence-electron chi connectivity index (χ1n) is 10.2. The zero-order valence-electron chi connectivity index (χ0n) is 16.9. The summed E-state index contributed by atoms with van der Waals surface area (Å²) in [5.41, 5.74) is -0.103. The second kappa shape index (κ2) is 7.52. The van der Waals surface area contributed by atoms with Crippen molar-refractivity contribution in [2.45, 2.75) is 57.3 Å². The molecule has 3 aliphatic rings. The predicted octanol–water partition coefficient (Wildman–Crippen LogP) is 2.24. The van der Waals surface area contributed by atoms with Crippen LogP contribution in [-0.4, -0.2) is 69.8 Å². The number of hydrogen-bond donors (Lipinski definition) is 1. The van der Waals surface area contributed by atoms with Crippen molar-refractivity contribution in [2.75, 3.05) is 19.6 Å². The number of likely N-dealkylation sites (tertiary alicyclic amines) is 1. The van der Waals surface area contributed by atoms with Crippen LogP contribution in [0.4, 0.5) is 4.79 Å². The van der Waals surface area contributed by atoms with E-state index in [-0.39, 0.29) is 43.0 Å². The molecule has 156 valence electrons. The normalized spacial score (nSPS) is 24.8. The first-order valence-corrected chi connectivity index (χ1v) is 10.6. The number of urea groups is 1. The second-order valence-electron chi connectivity index (χ2n) is 8.56. The molecule has 1 atom stereocenters. The quantitative estimate of drug-likeness (QED) is 0.814. The fourth-order valence-electron chi connectivity index (χ4n) is 4.21. The minimum absolute atomic E-state index is 0.0669. The van der Waals surface area contributed by atoms with Crippen LogP contribution in [-0.2, 0) is 16.1 Å². The van der Waals surface area contributed by atoms with Gasteiger partial charge in [-0.2, -0.15) is 0 Å². The molecule has 1 aromatic rings. The van der Waals surface area contributed by atoms with Gasteiger partial charge in [-0.3, -0.25) is 9.59 Å². The molecular weight excluding hydrogens is 392 g/mol. The molecule has 2 aliphatic heterocycles. The molecule has 2 saturated heterocycles. The van der Waals surface area contributed by atoms with Crippen molar-refractivity contribution in [3.05, 3.63) is 34.9 Å². The molecule has 1 saturated carbocycles. The van der Waals surface area contributed by atoms with E-state index in [4.69, 9.17) is 11.6 Å². The predicted molar refractivity (Wildman–Crippen MR) is 109 cm³/mol. The lowest BCUT2D eigenvalue weighted by molar-refractivity contribution is -0.166. The Labute approximate surface area is 176 Å². The summed E-state index contributed by atoms with van der Waals surface area (Å²) >= 11 is 5.99. The number of nitrogens with one attached hydrogen (secondary N) is 1. The maximum Gasteiger partial charge on any atom is 0.317 e. The van der Waals surface area contributed by atoms with E-state index in [1.807, 2.05) is 26.0 Å². The Morgan fingerprint density at radius 2 is 1.93 bits per heavy atom. The van der Waals surface area contributed by atoms with Crippen molar-refractivity contribution in [1.29, 1.82) is 0 Å². The van der Waals surface area contributed by atoms with E-state index in [0.29, 0.717) is 24.5 Å². The van der Waals surface area contributed by atoms with Gasteiger partial charge in [0.05, 0.1) is 6.54 Å². The molecule has 1 aromatic carbocycles. The van der Waals surface area contributed by atoms with Gasteiger partial charge in [-0.05, 0) is 50.8 Å². The van der Waals surface area contributed by atoms with E-state index in [1.54, 1.807) is 26.8 Å². The highest BCUT2D eigenvalue weighted by Crippen LogP contribution is 2.36. The van der Waals surface area contributed by atoms with Crippen LogP contribution in [0.3, 0.4) is 0 Å². The largest absolute Gasteiger partial charge is 0.335 e. The van der Waals surface area contributed by atoms with Gasteiger partial charge in [-0.15, -0.1) is 0 Å². The van der Waals surface area contributed by atoms with E-state index >= 15 is 0 Å². The highest BCUT2D eigenvalue weighted by molar-refractivity contribution is 6.30. The van der Waals surface area contributed by atoms with Gasteiger partial charge in [0.25, 0.3) is 5.91 Å². The third kappa shape index (κ3) is 3.80. The number of halogens is 1. The molecule has 0 unspecified atom stereocenters. The molecule has 1 N–H and O–H groups in total. The lowest BCUT2D eigenvalue weighted by Crippen LogP contribution is -2.70. The van der Waals surface area contributed by atoms with Crippen molar-refractivity contribution >= 4 is 29.4 Å². The summed E-state index contributed by atoms with van der Waals surface area (Å²) in [4.78, 5) is 44.3. The van der Waals surface area contributed by atoms with Crippen LogP contribution in [0.1, 0.15) is 38.7 Å². The summed E-state index contributed by atoms with van der Waals surface area (Å²) in [5.74, 6) is -0.152. The van der Waals surface area contributed by atoms with Crippen LogP contribution in [0.2, 0.25) is 5.02 Å². The van der Waals surface area contributed by atoms with Crippen molar-refractivity contribution < 1.29 is 14.4 Å². The van der Waals surface area contributed by atoms with Crippen molar-refractivity contribution in [2.24, 2.45) is 0 Å². The first kappa shape index (κ1) is 20.0. The number of nitrogens with zero attached hydrogens (tertiary/aromatic N) is 3. The molecule has 4 rings (SSSR count). The third-order valence-corrected chi connectivity index (χ3v) is 6.35. The third-order valence-electron chi connectivity index (χ3n) is 6.10. The Hall–Kier alpha value is -2.28. The molecular formula is C21H27ClN4O3. The van der Waals surface area contributed by atoms with E-state index in [9.17, 15) is 14.4 Å². The lowest BCUT2D eigenvalue weighted by atomic mass is 9.89. The molecule has 4 amide bonds. The topological polar surface area (TPSA) is 73.0 Å². The summed E-state index contributed by atoms with van der Waals surface area (Å²) in [7, 11) is 0. The standard InChI is InChI=1S/C21H27ClN4O3/c1-14(2)25-12-18(27)26(11-15-3-5-16(22)6-4-15)21(19(25)28)9-10-24(13-21)20(29)23-17-7-8-17/h3-6,14,17H,7-13H2,1-2H3,(H,23,29)/t21-/m1/s1. The average molecular weight is 419 g/mol. The minimum atomic E-state index is -1.01. The number of amides is 4. The van der Waals surface area contributed by atoms with Crippen LogP contribution in [0, 0.1) is 0 Å². The molecule has 29 heavy (non-hydrogen) atoms. The van der Waals surface area contributed by atoms with Gasteiger partial charge in [-0.1, -0.05) is 23.7 Å². The number of hydrogen-bond acceptors (Lipinski definition) is 3. The van der Waals surface area contributed by atoms with Crippen molar-refractivity contribution in [3.63, 3.8) is 0 Å². The first-order chi connectivity index (χ1) is 13.8. The van der Waals surface area contributed by atoms with Crippen LogP contribution < -0.4 is 5.32 Å². The van der Waals surface area contributed by atoms with E-state index in [2.05, 4.69) is 5.32 Å². The highest BCUT2D eigenvalue weighted by atomic mass is 35.5. The molecule has 0 radical (unpaired) electrons. The number of carbonyl (C=O) groups excluding carboxylic acids is 3. The molecule has 1 spiro atoms. The molecule has 1 aliphatic carbocycles. The van der Waals surface area contributed by atoms with E-state index in [1.165, 1.54) is 0 Å². The van der Waals surface area contributed by atoms with Crippen molar-refractivity contribution in [1.82, 2.24) is 20.0 Å². The number of carbonyl (C=O) groups is 3. The average Bonchev–Trinajstić information content (AvgIpc) is 3.38. The van der Waals surface area contributed by atoms with E-state index < -0.39 is 5.54 Å². The van der Waals surface area contributed by atoms with Gasteiger partial charge in [0.15, 0.2) is 0 Å². The molecule has 0 aromatic heterocycles. The molecule has 8 heteroatoms. The van der Waals surface area contributed by atoms with Crippen molar-refractivity contribution in [3.8, 4) is 0 Å². The summed E-state index contributed by atoms with van der Waals surface area (Å²) in [6, 6.07) is 7.34. The fraction of sp³-hybridized carbons (Fsp3) is 0.571. The number of rotatable bonds is 4. The van der Waals surface area contributed by atoms with Gasteiger partial charge < -0.3 is 20.0 Å². The Morgan fingerprint density at radius 1 is 1.24 bits per heavy atom. The SMILES string of the molecule is CC(C)N1CC(=O)N(Cc2ccc(Cl)cc2)[C@@]2(CCN(C(=O)NC3CC3)C2)C1=O. The Morgan fingerprint density at radius 3 is 2.55 bits per heavy atom. The van der Waals surface area contributed by atoms with Crippen LogP contribution >= 0.6 is 11.6 Å². The maximum absolute atomic E-state index is 13.5. The Balaban J connectivity index is 1.62. The maximum atomic E-state index is 13.5. The molecule has 2 heterocycles. The van der Waals surface area contributed by atoms with Crippen LogP contribution in [0.25, 0.3) is 0 Å². The van der Waals surface area contributed by atoms with E-state index in [0.717, 1.165) is 18.4 Å². The Bertz CT molecular complexity index is 824. The zero-order valence-corrected chi connectivity index (χ0v) is 17.6. The second-order valence-corrected chi connectivity index (χ2v) is 9.00. The highest BCUT2D eigenvalue weighted by Gasteiger charge is 2.57. The van der Waals surface area contributed by atoms with Gasteiger partial charge in [-0.25, -0.2) is 4.79 Å². The molecule has 0 bridgehead atoms. The lowest BCUT2D eigenvalue weighted by Gasteiger charge is -2.48. The van der Waals surface area contributed by atoms with Gasteiger partial charge in [0, 0.05) is 30.2 Å². The smallest absolute Gasteiger partial charge is 0.317 e. The summed E-state index contributed by atoms with van der Waals surface area (Å²) < 4.78 is 0. The summed E-state index contributed by atoms with van der Waals surface area (Å²) in [5, 5.41) is 3.62. The molecule has 3 fully saturated rings. The monoisotopic (exact) mass is 418 g/mol. The minimum Gasteiger partial charge on any atom is -0.335 e.